The van der Waals surface area contributed by atoms with E-state index in [-0.39, 0.29) is 41.5 Å². The van der Waals surface area contributed by atoms with Crippen LogP contribution in [-0.2, 0) is 27.2 Å². The number of hydrogen-bond acceptors (Lipinski definition) is 3. The fourth-order valence-electron chi connectivity index (χ4n) is 6.55. The molecule has 3 aliphatic rings. The summed E-state index contributed by atoms with van der Waals surface area (Å²) in [6, 6.07) is 10.2. The van der Waals surface area contributed by atoms with Crippen LogP contribution in [0.3, 0.4) is 0 Å². The van der Waals surface area contributed by atoms with Crippen LogP contribution >= 0.6 is 11.6 Å². The Morgan fingerprint density at radius 1 is 0.968 bits per heavy atom. The Morgan fingerprint density at radius 2 is 1.61 bits per heavy atom. The number of ketones is 2. The summed E-state index contributed by atoms with van der Waals surface area (Å²) in [5.74, 6) is -1.09. The van der Waals surface area contributed by atoms with E-state index in [1.165, 1.54) is 5.56 Å². The fourth-order valence-corrected chi connectivity index (χ4v) is 6.91. The molecule has 0 radical (unpaired) electrons. The van der Waals surface area contributed by atoms with Gasteiger partial charge in [0.2, 0.25) is 0 Å². The van der Waals surface area contributed by atoms with Crippen molar-refractivity contribution in [3.05, 3.63) is 68.7 Å². The van der Waals surface area contributed by atoms with E-state index in [1.807, 2.05) is 12.1 Å². The maximum absolute atomic E-state index is 13.8. The fraction of sp³-hybridized carbons (Fsp3) is 0.481. The predicted molar refractivity (Wildman–Crippen MR) is 122 cm³/mol. The van der Waals surface area contributed by atoms with Gasteiger partial charge in [-0.05, 0) is 67.0 Å². The zero-order chi connectivity index (χ0) is 22.0. The van der Waals surface area contributed by atoms with Crippen LogP contribution in [0.4, 0.5) is 0 Å². The van der Waals surface area contributed by atoms with Crippen LogP contribution in [0.5, 0.6) is 0 Å². The van der Waals surface area contributed by atoms with Crippen molar-refractivity contribution >= 4 is 23.2 Å². The molecule has 1 aliphatic carbocycles. The molecule has 2 aliphatic heterocycles. The first kappa shape index (κ1) is 20.9. The van der Waals surface area contributed by atoms with Crippen LogP contribution in [0.2, 0.25) is 5.02 Å². The number of rotatable bonds is 4. The second kappa shape index (κ2) is 7.56. The van der Waals surface area contributed by atoms with Gasteiger partial charge in [-0.1, -0.05) is 55.3 Å². The zero-order valence-electron chi connectivity index (χ0n) is 18.6. The van der Waals surface area contributed by atoms with Gasteiger partial charge < -0.3 is 4.74 Å². The summed E-state index contributed by atoms with van der Waals surface area (Å²) in [7, 11) is 0. The van der Waals surface area contributed by atoms with Crippen molar-refractivity contribution in [2.45, 2.75) is 71.0 Å². The molecule has 0 N–H and O–H groups in total. The normalized spacial score (nSPS) is 31.5. The third-order valence-electron chi connectivity index (χ3n) is 7.77. The van der Waals surface area contributed by atoms with Crippen LogP contribution in [0.15, 0.2) is 30.3 Å². The Balaban J connectivity index is 1.56. The monoisotopic (exact) mass is 436 g/mol. The molecule has 1 saturated carbocycles. The summed E-state index contributed by atoms with van der Waals surface area (Å²) >= 11 is 6.57. The van der Waals surface area contributed by atoms with Gasteiger partial charge in [0.05, 0.1) is 24.0 Å². The van der Waals surface area contributed by atoms with E-state index < -0.39 is 5.92 Å². The molecule has 31 heavy (non-hydrogen) atoms. The first-order chi connectivity index (χ1) is 14.9. The molecule has 2 heterocycles. The molecule has 6 atom stereocenters. The molecule has 2 saturated heterocycles. The summed E-state index contributed by atoms with van der Waals surface area (Å²) in [5, 5.41) is 0.728. The van der Waals surface area contributed by atoms with Crippen LogP contribution < -0.4 is 0 Å². The Hall–Kier alpha value is -1.97. The number of carbonyl (C=O) groups excluding carboxylic acids is 2. The minimum absolute atomic E-state index is 0.0603. The summed E-state index contributed by atoms with van der Waals surface area (Å²) < 4.78 is 6.27. The van der Waals surface area contributed by atoms with Gasteiger partial charge in [0, 0.05) is 10.9 Å². The van der Waals surface area contributed by atoms with Gasteiger partial charge in [0.15, 0.2) is 11.6 Å². The van der Waals surface area contributed by atoms with E-state index in [9.17, 15) is 9.59 Å². The van der Waals surface area contributed by atoms with Gasteiger partial charge >= 0.3 is 0 Å². The highest BCUT2D eigenvalue weighted by atomic mass is 35.5. The van der Waals surface area contributed by atoms with E-state index in [1.54, 1.807) is 0 Å². The molecular formula is C27H29ClO3. The van der Waals surface area contributed by atoms with E-state index in [0.29, 0.717) is 0 Å². The Bertz CT molecular complexity index is 1040. The second-order valence-electron chi connectivity index (χ2n) is 9.45. The molecule has 162 valence electrons. The largest absolute Gasteiger partial charge is 0.373 e. The maximum Gasteiger partial charge on any atom is 0.154 e. The first-order valence-electron chi connectivity index (χ1n) is 11.5. The molecule has 2 aromatic carbocycles. The van der Waals surface area contributed by atoms with Crippen LogP contribution in [0, 0.1) is 25.7 Å². The lowest BCUT2D eigenvalue weighted by Crippen LogP contribution is -2.34. The van der Waals surface area contributed by atoms with Crippen molar-refractivity contribution in [2.24, 2.45) is 11.8 Å². The molecule has 2 aromatic rings. The lowest BCUT2D eigenvalue weighted by Gasteiger charge is -2.28. The average molecular weight is 437 g/mol. The minimum Gasteiger partial charge on any atom is -0.373 e. The number of ether oxygens (including phenoxy) is 1. The van der Waals surface area contributed by atoms with Crippen LogP contribution in [-0.4, -0.2) is 23.8 Å². The molecular weight excluding hydrogens is 408 g/mol. The third kappa shape index (κ3) is 2.97. The summed E-state index contributed by atoms with van der Waals surface area (Å²) in [6.45, 7) is 8.35. The predicted octanol–water partition coefficient (Wildman–Crippen LogP) is 5.50. The molecule has 4 heteroatoms. The van der Waals surface area contributed by atoms with Crippen molar-refractivity contribution in [3.63, 3.8) is 0 Å². The number of carbonyl (C=O) groups is 2. The van der Waals surface area contributed by atoms with E-state index in [4.69, 9.17) is 16.3 Å². The highest BCUT2D eigenvalue weighted by Gasteiger charge is 2.66. The number of Topliss-reactive ketones (excluding diaryl/α,β-unsaturated/α-hetero) is 2. The Kier molecular flexibility index (Phi) is 5.10. The van der Waals surface area contributed by atoms with Crippen molar-refractivity contribution in [1.82, 2.24) is 0 Å². The Morgan fingerprint density at radius 3 is 2.23 bits per heavy atom. The molecule has 0 aromatic heterocycles. The molecule has 3 fully saturated rings. The van der Waals surface area contributed by atoms with E-state index in [2.05, 4.69) is 45.9 Å². The highest BCUT2D eigenvalue weighted by Crippen LogP contribution is 2.58. The average Bonchev–Trinajstić information content (AvgIpc) is 3.39. The molecule has 0 spiro atoms. The number of hydrogen-bond donors (Lipinski definition) is 0. The van der Waals surface area contributed by atoms with E-state index >= 15 is 0 Å². The highest BCUT2D eigenvalue weighted by molar-refractivity contribution is 6.31. The number of benzene rings is 2. The van der Waals surface area contributed by atoms with Crippen molar-refractivity contribution in [3.8, 4) is 0 Å². The van der Waals surface area contributed by atoms with Crippen LogP contribution in [0.1, 0.15) is 65.5 Å². The van der Waals surface area contributed by atoms with Gasteiger partial charge in [0.25, 0.3) is 0 Å². The molecule has 5 rings (SSSR count). The van der Waals surface area contributed by atoms with Crippen molar-refractivity contribution < 1.29 is 14.3 Å². The van der Waals surface area contributed by atoms with Crippen LogP contribution in [0.25, 0.3) is 0 Å². The number of fused-ring (bicyclic) bond motifs is 5. The molecule has 1 unspecified atom stereocenters. The minimum atomic E-state index is -0.638. The number of aryl methyl sites for hydroxylation is 4. The quantitative estimate of drug-likeness (QED) is 0.594. The standard InChI is InChI=1S/C27H29ClO3/c1-5-15-10-13(3)11-16(6-2)21(15)23-25(29)22-19-12-17(27(31-19)24(22)26(23)30)20-14(4)8-7-9-18(20)28/h7-11,17,19,22-24,27H,5-6,12H2,1-4H3/t17-,19-,22-,23?,24+,27+/m0/s1. The first-order valence-corrected chi connectivity index (χ1v) is 11.8. The topological polar surface area (TPSA) is 43.4 Å². The lowest BCUT2D eigenvalue weighted by atomic mass is 9.72. The van der Waals surface area contributed by atoms with Gasteiger partial charge in [-0.2, -0.15) is 0 Å². The van der Waals surface area contributed by atoms with Crippen molar-refractivity contribution in [2.75, 3.05) is 0 Å². The summed E-state index contributed by atoms with van der Waals surface area (Å²) in [5.41, 5.74) is 6.64. The molecule has 3 nitrogen and oxygen atoms in total. The third-order valence-corrected chi connectivity index (χ3v) is 8.10. The van der Waals surface area contributed by atoms with Gasteiger partial charge in [0.1, 0.15) is 5.92 Å². The maximum atomic E-state index is 13.8. The molecule has 0 amide bonds. The summed E-state index contributed by atoms with van der Waals surface area (Å²) in [6.07, 6.45) is 1.97. The SMILES string of the molecule is CCc1cc(C)cc(CC)c1C1C(=O)[C@@H]2[C@@H]3O[C@@H](C[C@H]3c3c(C)cccc3Cl)[C@@H]2C1=O. The van der Waals surface area contributed by atoms with Gasteiger partial charge in [-0.15, -0.1) is 0 Å². The Labute approximate surface area is 189 Å². The zero-order valence-corrected chi connectivity index (χ0v) is 19.3. The van der Waals surface area contributed by atoms with Gasteiger partial charge in [-0.25, -0.2) is 0 Å². The summed E-state index contributed by atoms with van der Waals surface area (Å²) in [4.78, 5) is 27.5. The molecule has 2 bridgehead atoms. The van der Waals surface area contributed by atoms with E-state index in [0.717, 1.165) is 52.1 Å². The smallest absolute Gasteiger partial charge is 0.154 e. The van der Waals surface area contributed by atoms with Crippen molar-refractivity contribution in [1.29, 1.82) is 0 Å². The number of halogens is 1. The van der Waals surface area contributed by atoms with Gasteiger partial charge in [-0.3, -0.25) is 9.59 Å². The lowest BCUT2D eigenvalue weighted by molar-refractivity contribution is -0.127. The second-order valence-corrected chi connectivity index (χ2v) is 9.85.